The summed E-state index contributed by atoms with van der Waals surface area (Å²) in [5.74, 6) is -0.201. The largest absolute Gasteiger partial charge is 0.465 e. The lowest BCUT2D eigenvalue weighted by atomic mass is 10.0. The molecule has 0 saturated carbocycles. The highest BCUT2D eigenvalue weighted by molar-refractivity contribution is 7.93. The summed E-state index contributed by atoms with van der Waals surface area (Å²) in [5.41, 5.74) is 1.69. The minimum absolute atomic E-state index is 0.0584. The second-order valence-electron chi connectivity index (χ2n) is 9.77. The molecule has 0 unspecified atom stereocenters. The summed E-state index contributed by atoms with van der Waals surface area (Å²) in [7, 11) is -6.52. The Morgan fingerprint density at radius 3 is 2.05 bits per heavy atom. The number of hydrogen-bond donors (Lipinski definition) is 2. The summed E-state index contributed by atoms with van der Waals surface area (Å²) in [6.45, 7) is 4.12. The minimum atomic E-state index is -4.25. The number of carbonyl (C=O) groups is 1. The minimum Gasteiger partial charge on any atom is -0.465 e. The third-order valence-corrected chi connectivity index (χ3v) is 10.7. The van der Waals surface area contributed by atoms with Crippen LogP contribution in [-0.4, -0.2) is 59.1 Å². The van der Waals surface area contributed by atoms with Crippen LogP contribution in [0.15, 0.2) is 87.5 Å². The number of nitrogens with zero attached hydrogens (tertiary/aromatic N) is 2. The fraction of sp³-hybridized carbons (Fsp3) is 0.321. The molecule has 0 spiro atoms. The van der Waals surface area contributed by atoms with E-state index in [1.807, 2.05) is 13.8 Å². The number of hydrogen-bond acceptors (Lipinski definition) is 6. The molecular formula is C28H33N3O6S2. The summed E-state index contributed by atoms with van der Waals surface area (Å²) in [5, 5.41) is 12.3. The third kappa shape index (κ3) is 5.74. The number of sulfone groups is 1. The van der Waals surface area contributed by atoms with Crippen molar-refractivity contribution in [3.8, 4) is 0 Å². The monoisotopic (exact) mass is 571 g/mol. The van der Waals surface area contributed by atoms with Gasteiger partial charge in [0.15, 0.2) is 0 Å². The topological polar surface area (TPSA) is 124 Å². The standard InChI is InChI=1S/C28H33N3O6S2/c1-20(2)26-14-13-25(38(34,35)24-11-9-21(29-3)10-12-24)19-27(26)39(36,37)31(22-7-5-4-6-8-22)23-15-17-30(18-16-23)28(32)33/h4-14,19-20,23,29H,15-18H2,1-3H3,(H,32,33). The van der Waals surface area contributed by atoms with Crippen LogP contribution in [0.1, 0.15) is 38.2 Å². The van der Waals surface area contributed by atoms with Crippen LogP contribution in [-0.2, 0) is 19.9 Å². The summed E-state index contributed by atoms with van der Waals surface area (Å²) in [4.78, 5) is 12.6. The normalized spacial score (nSPS) is 14.8. The van der Waals surface area contributed by atoms with Gasteiger partial charge in [-0.2, -0.15) is 0 Å². The first-order valence-electron chi connectivity index (χ1n) is 12.7. The molecule has 208 valence electrons. The fourth-order valence-electron chi connectivity index (χ4n) is 4.84. The van der Waals surface area contributed by atoms with E-state index < -0.39 is 32.0 Å². The predicted octanol–water partition coefficient (Wildman–Crippen LogP) is 5.02. The Morgan fingerprint density at radius 2 is 1.51 bits per heavy atom. The van der Waals surface area contributed by atoms with E-state index in [1.54, 1.807) is 55.6 Å². The SMILES string of the molecule is CNc1ccc(S(=O)(=O)c2ccc(C(C)C)c(S(=O)(=O)N(c3ccccc3)C3CCN(C(=O)O)CC3)c2)cc1. The zero-order valence-corrected chi connectivity index (χ0v) is 23.7. The van der Waals surface area contributed by atoms with Crippen molar-refractivity contribution in [2.45, 2.75) is 53.3 Å². The molecule has 3 aromatic rings. The van der Waals surface area contributed by atoms with Gasteiger partial charge in [0.05, 0.1) is 20.4 Å². The van der Waals surface area contributed by atoms with Gasteiger partial charge in [-0.3, -0.25) is 4.31 Å². The summed E-state index contributed by atoms with van der Waals surface area (Å²) < 4.78 is 57.4. The maximum absolute atomic E-state index is 14.5. The maximum atomic E-state index is 14.5. The van der Waals surface area contributed by atoms with Gasteiger partial charge in [0, 0.05) is 31.9 Å². The van der Waals surface area contributed by atoms with Crippen molar-refractivity contribution in [3.63, 3.8) is 0 Å². The van der Waals surface area contributed by atoms with Crippen molar-refractivity contribution in [1.29, 1.82) is 0 Å². The Morgan fingerprint density at radius 1 is 0.923 bits per heavy atom. The Balaban J connectivity index is 1.84. The Bertz CT molecular complexity index is 1530. The van der Waals surface area contributed by atoms with Gasteiger partial charge < -0.3 is 15.3 Å². The van der Waals surface area contributed by atoms with Gasteiger partial charge in [0.1, 0.15) is 0 Å². The van der Waals surface area contributed by atoms with Crippen LogP contribution in [0.3, 0.4) is 0 Å². The van der Waals surface area contributed by atoms with Gasteiger partial charge in [-0.25, -0.2) is 21.6 Å². The first-order chi connectivity index (χ1) is 18.5. The molecule has 39 heavy (non-hydrogen) atoms. The molecule has 1 heterocycles. The van der Waals surface area contributed by atoms with Gasteiger partial charge in [0.2, 0.25) is 9.84 Å². The van der Waals surface area contributed by atoms with Gasteiger partial charge in [-0.15, -0.1) is 0 Å². The molecule has 1 fully saturated rings. The molecule has 1 aliphatic heterocycles. The highest BCUT2D eigenvalue weighted by Gasteiger charge is 2.37. The molecule has 0 radical (unpaired) electrons. The van der Waals surface area contributed by atoms with Crippen LogP contribution < -0.4 is 9.62 Å². The molecule has 11 heteroatoms. The summed E-state index contributed by atoms with van der Waals surface area (Å²) in [6.07, 6.45) is -0.411. The van der Waals surface area contributed by atoms with Crippen molar-refractivity contribution in [3.05, 3.63) is 78.4 Å². The maximum Gasteiger partial charge on any atom is 0.407 e. The fourth-order valence-corrected chi connectivity index (χ4v) is 8.29. The van der Waals surface area contributed by atoms with Crippen LogP contribution in [0.25, 0.3) is 0 Å². The van der Waals surface area contributed by atoms with Crippen molar-refractivity contribution in [1.82, 2.24) is 4.90 Å². The van der Waals surface area contributed by atoms with Crippen molar-refractivity contribution >= 4 is 37.3 Å². The number of benzene rings is 3. The molecule has 0 aliphatic carbocycles. The molecule has 0 aromatic heterocycles. The molecule has 1 aliphatic rings. The van der Waals surface area contributed by atoms with Gasteiger partial charge >= 0.3 is 6.09 Å². The van der Waals surface area contributed by atoms with E-state index in [-0.39, 0.29) is 33.7 Å². The number of sulfonamides is 1. The highest BCUT2D eigenvalue weighted by atomic mass is 32.2. The average Bonchev–Trinajstić information content (AvgIpc) is 2.93. The molecule has 2 N–H and O–H groups in total. The van der Waals surface area contributed by atoms with Crippen molar-refractivity contribution < 1.29 is 26.7 Å². The Kier molecular flexibility index (Phi) is 8.22. The lowest BCUT2D eigenvalue weighted by Crippen LogP contribution is -2.48. The molecule has 1 amide bonds. The molecule has 3 aromatic carbocycles. The Labute approximate surface area is 230 Å². The lowest BCUT2D eigenvalue weighted by Gasteiger charge is -2.38. The number of carboxylic acid groups (broad SMARTS) is 1. The molecule has 0 bridgehead atoms. The molecule has 4 rings (SSSR count). The molecular weight excluding hydrogens is 538 g/mol. The van der Waals surface area contributed by atoms with E-state index in [0.717, 1.165) is 5.69 Å². The van der Waals surface area contributed by atoms with E-state index in [2.05, 4.69) is 5.32 Å². The number of rotatable bonds is 8. The highest BCUT2D eigenvalue weighted by Crippen LogP contribution is 2.36. The number of anilines is 2. The van der Waals surface area contributed by atoms with Crippen LogP contribution in [0.5, 0.6) is 0 Å². The van der Waals surface area contributed by atoms with Crippen LogP contribution in [0.2, 0.25) is 0 Å². The lowest BCUT2D eigenvalue weighted by molar-refractivity contribution is 0.133. The van der Waals surface area contributed by atoms with E-state index in [9.17, 15) is 26.7 Å². The smallest absolute Gasteiger partial charge is 0.407 e. The van der Waals surface area contributed by atoms with Crippen LogP contribution in [0, 0.1) is 0 Å². The van der Waals surface area contributed by atoms with Gasteiger partial charge in [0.25, 0.3) is 10.0 Å². The predicted molar refractivity (Wildman–Crippen MR) is 151 cm³/mol. The van der Waals surface area contributed by atoms with Crippen LogP contribution >= 0.6 is 0 Å². The summed E-state index contributed by atoms with van der Waals surface area (Å²) in [6, 6.07) is 18.7. The Hall–Kier alpha value is -3.57. The van der Waals surface area contributed by atoms with Crippen LogP contribution in [0.4, 0.5) is 16.2 Å². The van der Waals surface area contributed by atoms with Crippen molar-refractivity contribution in [2.75, 3.05) is 29.8 Å². The number of piperidine rings is 1. The van der Waals surface area contributed by atoms with Crippen molar-refractivity contribution in [2.24, 2.45) is 0 Å². The molecule has 0 atom stereocenters. The average molecular weight is 572 g/mol. The second kappa shape index (κ2) is 11.3. The quantitative estimate of drug-likeness (QED) is 0.389. The van der Waals surface area contributed by atoms with E-state index in [4.69, 9.17) is 0 Å². The number of nitrogens with one attached hydrogen (secondary N) is 1. The first kappa shape index (κ1) is 28.4. The first-order valence-corrected chi connectivity index (χ1v) is 15.6. The van der Waals surface area contributed by atoms with Gasteiger partial charge in [-0.05, 0) is 72.9 Å². The second-order valence-corrected chi connectivity index (χ2v) is 13.5. The van der Waals surface area contributed by atoms with E-state index in [0.29, 0.717) is 24.1 Å². The number of para-hydroxylation sites is 1. The zero-order valence-electron chi connectivity index (χ0n) is 22.1. The van der Waals surface area contributed by atoms with E-state index >= 15 is 0 Å². The molecule has 1 saturated heterocycles. The zero-order chi connectivity index (χ0) is 28.4. The molecule has 9 nitrogen and oxygen atoms in total. The van der Waals surface area contributed by atoms with Gasteiger partial charge in [-0.1, -0.05) is 38.1 Å². The number of amides is 1. The summed E-state index contributed by atoms with van der Waals surface area (Å²) >= 11 is 0. The van der Waals surface area contributed by atoms with E-state index in [1.165, 1.54) is 33.5 Å². The third-order valence-electron chi connectivity index (χ3n) is 6.98. The number of likely N-dealkylation sites (tertiary alicyclic amines) is 1.